The summed E-state index contributed by atoms with van der Waals surface area (Å²) in [5.74, 6) is -0.854. The molecule has 0 aromatic rings. The lowest BCUT2D eigenvalue weighted by Gasteiger charge is -2.18. The number of esters is 3. The Morgan fingerprint density at radius 3 is 0.735 bits per heavy atom. The van der Waals surface area contributed by atoms with E-state index in [0.29, 0.717) is 19.3 Å². The van der Waals surface area contributed by atoms with Gasteiger partial charge in [0.15, 0.2) is 6.10 Å². The van der Waals surface area contributed by atoms with Crippen LogP contribution in [0.2, 0.25) is 0 Å². The molecule has 6 nitrogen and oxygen atoms in total. The Morgan fingerprint density at radius 2 is 0.485 bits per heavy atom. The monoisotopic (exact) mass is 959 g/mol. The predicted molar refractivity (Wildman–Crippen MR) is 293 cm³/mol. The smallest absolute Gasteiger partial charge is 0.306 e. The second kappa shape index (κ2) is 57.7. The number of hydrogen-bond acceptors (Lipinski definition) is 6. The minimum atomic E-state index is -0.764. The Balaban J connectivity index is 4.05. The van der Waals surface area contributed by atoms with Gasteiger partial charge < -0.3 is 14.2 Å². The normalized spacial score (nSPS) is 12.0. The summed E-state index contributed by atoms with van der Waals surface area (Å²) in [5.41, 5.74) is 0. The van der Waals surface area contributed by atoms with Crippen molar-refractivity contribution in [1.29, 1.82) is 0 Å². The van der Waals surface area contributed by atoms with E-state index < -0.39 is 6.10 Å². The van der Waals surface area contributed by atoms with Crippen LogP contribution in [0.3, 0.4) is 0 Å². The Hall–Kier alpha value is -1.85. The van der Waals surface area contributed by atoms with Gasteiger partial charge in [0.25, 0.3) is 0 Å². The fourth-order valence-electron chi connectivity index (χ4n) is 9.38. The van der Waals surface area contributed by atoms with Crippen molar-refractivity contribution in [2.45, 2.75) is 354 Å². The van der Waals surface area contributed by atoms with E-state index in [1.54, 1.807) is 0 Å². The molecule has 0 rings (SSSR count). The number of allylic oxidation sites excluding steroid dienone is 2. The first-order chi connectivity index (χ1) is 33.5. The number of carbonyl (C=O) groups is 3. The van der Waals surface area contributed by atoms with Crippen LogP contribution < -0.4 is 0 Å². The number of carbonyl (C=O) groups excluding carboxylic acids is 3. The molecule has 0 bridgehead atoms. The van der Waals surface area contributed by atoms with Gasteiger partial charge in [0, 0.05) is 19.3 Å². The minimum absolute atomic E-state index is 0.0657. The molecule has 6 heteroatoms. The number of ether oxygens (including phenoxy) is 3. The third-order valence-corrected chi connectivity index (χ3v) is 14.0. The first kappa shape index (κ1) is 66.2. The molecule has 0 aromatic carbocycles. The summed E-state index contributed by atoms with van der Waals surface area (Å²) >= 11 is 0. The van der Waals surface area contributed by atoms with Gasteiger partial charge in [-0.3, -0.25) is 14.4 Å². The lowest BCUT2D eigenvalue weighted by Crippen LogP contribution is -2.30. The molecule has 402 valence electrons. The van der Waals surface area contributed by atoms with E-state index >= 15 is 0 Å². The Morgan fingerprint density at radius 1 is 0.279 bits per heavy atom. The molecule has 0 aromatic heterocycles. The maximum atomic E-state index is 12.8. The number of rotatable bonds is 57. The van der Waals surface area contributed by atoms with Crippen molar-refractivity contribution in [2.24, 2.45) is 0 Å². The van der Waals surface area contributed by atoms with Crippen LogP contribution in [0.25, 0.3) is 0 Å². The SMILES string of the molecule is CCCCCCCCCC/C=C\CCCCCCCCCCCC(=O)OC(COC(=O)CCCCCCCC)COC(=O)CCCCCCCCCCCCCCCCCCCCCCCCC. The first-order valence-corrected chi connectivity index (χ1v) is 30.7. The summed E-state index contributed by atoms with van der Waals surface area (Å²) in [5, 5.41) is 0. The largest absolute Gasteiger partial charge is 0.462 e. The molecule has 0 aliphatic heterocycles. The van der Waals surface area contributed by atoms with Gasteiger partial charge in [0.2, 0.25) is 0 Å². The highest BCUT2D eigenvalue weighted by Gasteiger charge is 2.19. The van der Waals surface area contributed by atoms with Crippen LogP contribution in [-0.2, 0) is 28.6 Å². The van der Waals surface area contributed by atoms with Crippen molar-refractivity contribution < 1.29 is 28.6 Å². The molecular weight excluding hydrogens is 841 g/mol. The minimum Gasteiger partial charge on any atom is -0.462 e. The predicted octanol–water partition coefficient (Wildman–Crippen LogP) is 20.5. The quantitative estimate of drug-likeness (QED) is 0.0262. The molecule has 0 N–H and O–H groups in total. The van der Waals surface area contributed by atoms with Gasteiger partial charge in [-0.15, -0.1) is 0 Å². The lowest BCUT2D eigenvalue weighted by atomic mass is 10.0. The van der Waals surface area contributed by atoms with Crippen LogP contribution in [-0.4, -0.2) is 37.2 Å². The first-order valence-electron chi connectivity index (χ1n) is 30.7. The second-order valence-electron chi connectivity index (χ2n) is 21.0. The summed E-state index contributed by atoms with van der Waals surface area (Å²) in [4.78, 5) is 37.9. The number of hydrogen-bond donors (Lipinski definition) is 0. The molecule has 0 fully saturated rings. The highest BCUT2D eigenvalue weighted by atomic mass is 16.6. The summed E-state index contributed by atoms with van der Waals surface area (Å²) < 4.78 is 16.8. The maximum Gasteiger partial charge on any atom is 0.306 e. The van der Waals surface area contributed by atoms with E-state index in [1.165, 1.54) is 250 Å². The van der Waals surface area contributed by atoms with Crippen molar-refractivity contribution in [3.63, 3.8) is 0 Å². The highest BCUT2D eigenvalue weighted by Crippen LogP contribution is 2.18. The van der Waals surface area contributed by atoms with Crippen LogP contribution in [0, 0.1) is 0 Å². The van der Waals surface area contributed by atoms with Crippen LogP contribution in [0.15, 0.2) is 12.2 Å². The summed E-state index contributed by atoms with van der Waals surface area (Å²) in [6.07, 6.45) is 66.8. The van der Waals surface area contributed by atoms with Crippen LogP contribution in [0.5, 0.6) is 0 Å². The van der Waals surface area contributed by atoms with Crippen molar-refractivity contribution in [3.05, 3.63) is 12.2 Å². The van der Waals surface area contributed by atoms with Gasteiger partial charge in [-0.25, -0.2) is 0 Å². The van der Waals surface area contributed by atoms with Gasteiger partial charge in [-0.1, -0.05) is 296 Å². The molecule has 0 aliphatic carbocycles. The second-order valence-corrected chi connectivity index (χ2v) is 21.0. The van der Waals surface area contributed by atoms with E-state index in [1.807, 2.05) is 0 Å². The van der Waals surface area contributed by atoms with Crippen molar-refractivity contribution >= 4 is 17.9 Å². The van der Waals surface area contributed by atoms with Crippen molar-refractivity contribution in [3.8, 4) is 0 Å². The highest BCUT2D eigenvalue weighted by molar-refractivity contribution is 5.71. The lowest BCUT2D eigenvalue weighted by molar-refractivity contribution is -0.167. The van der Waals surface area contributed by atoms with E-state index in [2.05, 4.69) is 32.9 Å². The van der Waals surface area contributed by atoms with Gasteiger partial charge in [0.1, 0.15) is 13.2 Å². The molecule has 0 heterocycles. The van der Waals surface area contributed by atoms with Crippen molar-refractivity contribution in [2.75, 3.05) is 13.2 Å². The molecule has 0 saturated heterocycles. The molecule has 68 heavy (non-hydrogen) atoms. The Labute approximate surface area is 424 Å². The summed E-state index contributed by atoms with van der Waals surface area (Å²) in [6, 6.07) is 0. The summed E-state index contributed by atoms with van der Waals surface area (Å²) in [7, 11) is 0. The van der Waals surface area contributed by atoms with Crippen LogP contribution >= 0.6 is 0 Å². The van der Waals surface area contributed by atoms with E-state index in [4.69, 9.17) is 14.2 Å². The molecule has 0 spiro atoms. The standard InChI is InChI=1S/C62H118O6/c1-4-7-10-13-16-18-20-22-24-26-28-30-31-33-34-36-38-40-42-44-46-49-52-55-61(64)67-58-59(57-66-60(63)54-51-48-15-12-9-6-3)68-62(65)56-53-50-47-45-43-41-39-37-35-32-29-27-25-23-21-19-17-14-11-8-5-2/h27,29,59H,4-26,28,30-58H2,1-3H3/b29-27-. The molecule has 1 atom stereocenters. The van der Waals surface area contributed by atoms with E-state index in [9.17, 15) is 14.4 Å². The van der Waals surface area contributed by atoms with E-state index in [0.717, 1.165) is 57.8 Å². The third kappa shape index (κ3) is 55.1. The van der Waals surface area contributed by atoms with Crippen molar-refractivity contribution in [1.82, 2.24) is 0 Å². The summed E-state index contributed by atoms with van der Waals surface area (Å²) in [6.45, 7) is 6.64. The van der Waals surface area contributed by atoms with Gasteiger partial charge >= 0.3 is 17.9 Å². The molecule has 0 amide bonds. The topological polar surface area (TPSA) is 78.9 Å². The maximum absolute atomic E-state index is 12.8. The van der Waals surface area contributed by atoms with E-state index in [-0.39, 0.29) is 31.1 Å². The number of unbranched alkanes of at least 4 members (excludes halogenated alkanes) is 44. The third-order valence-electron chi connectivity index (χ3n) is 14.0. The zero-order valence-electron chi connectivity index (χ0n) is 46.2. The molecule has 0 aliphatic rings. The zero-order valence-corrected chi connectivity index (χ0v) is 46.2. The average Bonchev–Trinajstić information content (AvgIpc) is 3.34. The van der Waals surface area contributed by atoms with Crippen LogP contribution in [0.4, 0.5) is 0 Å². The van der Waals surface area contributed by atoms with Gasteiger partial charge in [0.05, 0.1) is 0 Å². The van der Waals surface area contributed by atoms with Gasteiger partial charge in [-0.2, -0.15) is 0 Å². The molecular formula is C62H118O6. The molecule has 1 unspecified atom stereocenters. The van der Waals surface area contributed by atoms with Gasteiger partial charge in [-0.05, 0) is 44.9 Å². The average molecular weight is 960 g/mol. The van der Waals surface area contributed by atoms with Crippen LogP contribution in [0.1, 0.15) is 348 Å². The Bertz CT molecular complexity index is 1060. The molecule has 0 radical (unpaired) electrons. The Kier molecular flexibility index (Phi) is 56.2. The fourth-order valence-corrected chi connectivity index (χ4v) is 9.38. The zero-order chi connectivity index (χ0) is 49.3. The molecule has 0 saturated carbocycles. The fraction of sp³-hybridized carbons (Fsp3) is 0.919.